The van der Waals surface area contributed by atoms with Crippen LogP contribution in [0.2, 0.25) is 0 Å². The van der Waals surface area contributed by atoms with Crippen molar-refractivity contribution in [2.24, 2.45) is 0 Å². The number of benzene rings is 1. The molecule has 0 atom stereocenters. The first-order chi connectivity index (χ1) is 14.1. The number of likely N-dealkylation sites (N-methyl/N-ethyl adjacent to an activating group) is 1. The molecule has 3 rings (SSSR count). The van der Waals surface area contributed by atoms with Crippen LogP contribution in [-0.2, 0) is 27.8 Å². The number of nitrogens with zero attached hydrogens (tertiary/aromatic N) is 3. The van der Waals surface area contributed by atoms with Crippen LogP contribution in [-0.4, -0.2) is 88.1 Å². The number of amides is 1. The monoisotopic (exact) mass is 448 g/mol. The van der Waals surface area contributed by atoms with Crippen molar-refractivity contribution in [2.75, 3.05) is 52.9 Å². The Balaban J connectivity index is 1.57. The van der Waals surface area contributed by atoms with Gasteiger partial charge in [-0.25, -0.2) is 13.1 Å². The van der Waals surface area contributed by atoms with E-state index in [1.54, 1.807) is 6.07 Å². The molecule has 0 bridgehead atoms. The van der Waals surface area contributed by atoms with Crippen molar-refractivity contribution in [2.45, 2.75) is 30.5 Å². The fraction of sp³-hybridized carbons (Fsp3) is 0.632. The SMILES string of the molecule is CN1CCN(CCCNS(=O)(=O)c2ccc3c(c2)CN(C(=O)C(F)(F)F)CC3)CC1. The predicted octanol–water partition coefficient (Wildman–Crippen LogP) is 1.05. The topological polar surface area (TPSA) is 73.0 Å². The summed E-state index contributed by atoms with van der Waals surface area (Å²) in [7, 11) is -1.70. The first-order valence-electron chi connectivity index (χ1n) is 9.95. The number of hydrogen-bond acceptors (Lipinski definition) is 5. The number of sulfonamides is 1. The normalized spacial score (nSPS) is 19.0. The molecule has 0 aromatic heterocycles. The van der Waals surface area contributed by atoms with Crippen molar-refractivity contribution in [3.8, 4) is 0 Å². The molecular weight excluding hydrogens is 421 g/mol. The highest BCUT2D eigenvalue weighted by molar-refractivity contribution is 7.89. The molecule has 1 saturated heterocycles. The number of nitrogens with one attached hydrogen (secondary N) is 1. The van der Waals surface area contributed by atoms with Crippen LogP contribution in [0.25, 0.3) is 0 Å². The molecule has 0 unspecified atom stereocenters. The van der Waals surface area contributed by atoms with E-state index in [4.69, 9.17) is 0 Å². The molecule has 1 aromatic rings. The van der Waals surface area contributed by atoms with Gasteiger partial charge in [0, 0.05) is 45.8 Å². The Bertz CT molecular complexity index is 868. The van der Waals surface area contributed by atoms with Crippen LogP contribution in [0.3, 0.4) is 0 Å². The van der Waals surface area contributed by atoms with Crippen molar-refractivity contribution < 1.29 is 26.4 Å². The van der Waals surface area contributed by atoms with Crippen molar-refractivity contribution in [1.29, 1.82) is 0 Å². The minimum absolute atomic E-state index is 0.00200. The molecule has 0 aliphatic carbocycles. The maximum atomic E-state index is 12.7. The Morgan fingerprint density at radius 1 is 1.10 bits per heavy atom. The lowest BCUT2D eigenvalue weighted by Gasteiger charge is -2.32. The van der Waals surface area contributed by atoms with Crippen molar-refractivity contribution >= 4 is 15.9 Å². The molecule has 1 N–H and O–H groups in total. The fourth-order valence-corrected chi connectivity index (χ4v) is 4.84. The van der Waals surface area contributed by atoms with Gasteiger partial charge in [-0.1, -0.05) is 6.07 Å². The summed E-state index contributed by atoms with van der Waals surface area (Å²) >= 11 is 0. The van der Waals surface area contributed by atoms with Gasteiger partial charge in [0.15, 0.2) is 0 Å². The molecule has 1 aromatic carbocycles. The number of fused-ring (bicyclic) bond motifs is 1. The number of carbonyl (C=O) groups excluding carboxylic acids is 1. The summed E-state index contributed by atoms with van der Waals surface area (Å²) in [5, 5.41) is 0. The van der Waals surface area contributed by atoms with E-state index < -0.39 is 22.1 Å². The first kappa shape index (κ1) is 23.0. The summed E-state index contributed by atoms with van der Waals surface area (Å²) in [6.45, 7) is 4.70. The molecule has 1 amide bonds. The maximum absolute atomic E-state index is 12.7. The molecule has 2 aliphatic heterocycles. The minimum atomic E-state index is -4.94. The van der Waals surface area contributed by atoms with Crippen molar-refractivity contribution in [3.63, 3.8) is 0 Å². The molecule has 11 heteroatoms. The van der Waals surface area contributed by atoms with E-state index in [0.717, 1.165) is 38.3 Å². The molecule has 0 spiro atoms. The Morgan fingerprint density at radius 2 is 1.80 bits per heavy atom. The van der Waals surface area contributed by atoms with Gasteiger partial charge in [0.2, 0.25) is 10.0 Å². The van der Waals surface area contributed by atoms with E-state index in [-0.39, 0.29) is 31.0 Å². The van der Waals surface area contributed by atoms with Crippen LogP contribution in [0.1, 0.15) is 17.5 Å². The standard InChI is InChI=1S/C19H27F3N4O3S/c1-24-9-11-25(12-10-24)7-2-6-23-30(28,29)17-4-3-15-5-8-26(14-16(15)13-17)18(27)19(20,21)22/h3-4,13,23H,2,5-12,14H2,1H3. The highest BCUT2D eigenvalue weighted by atomic mass is 32.2. The molecule has 0 radical (unpaired) electrons. The number of alkyl halides is 3. The van der Waals surface area contributed by atoms with Gasteiger partial charge in [0.05, 0.1) is 4.90 Å². The second kappa shape index (κ2) is 9.21. The van der Waals surface area contributed by atoms with E-state index in [9.17, 15) is 26.4 Å². The maximum Gasteiger partial charge on any atom is 0.471 e. The van der Waals surface area contributed by atoms with Crippen LogP contribution < -0.4 is 4.72 Å². The van der Waals surface area contributed by atoms with E-state index in [2.05, 4.69) is 21.6 Å². The Morgan fingerprint density at radius 3 is 2.47 bits per heavy atom. The van der Waals surface area contributed by atoms with Crippen LogP contribution in [0, 0.1) is 0 Å². The molecular formula is C19H27F3N4O3S. The zero-order valence-corrected chi connectivity index (χ0v) is 17.7. The lowest BCUT2D eigenvalue weighted by atomic mass is 10.00. The number of piperazine rings is 1. The van der Waals surface area contributed by atoms with Gasteiger partial charge in [0.1, 0.15) is 0 Å². The van der Waals surface area contributed by atoms with Gasteiger partial charge >= 0.3 is 12.1 Å². The fourth-order valence-electron chi connectivity index (χ4n) is 3.72. The van der Waals surface area contributed by atoms with Gasteiger partial charge in [-0.3, -0.25) is 4.79 Å². The molecule has 7 nitrogen and oxygen atoms in total. The van der Waals surface area contributed by atoms with Gasteiger partial charge in [-0.2, -0.15) is 13.2 Å². The van der Waals surface area contributed by atoms with Gasteiger partial charge in [0.25, 0.3) is 0 Å². The van der Waals surface area contributed by atoms with E-state index in [0.29, 0.717) is 16.9 Å². The van der Waals surface area contributed by atoms with E-state index >= 15 is 0 Å². The number of rotatable bonds is 6. The summed E-state index contributed by atoms with van der Waals surface area (Å²) in [6, 6.07) is 4.44. The minimum Gasteiger partial charge on any atom is -0.330 e. The number of carbonyl (C=O) groups is 1. The van der Waals surface area contributed by atoms with Crippen LogP contribution in [0.4, 0.5) is 13.2 Å². The molecule has 2 aliphatic rings. The summed E-state index contributed by atoms with van der Waals surface area (Å²) in [5.74, 6) is -1.90. The second-order valence-electron chi connectivity index (χ2n) is 7.80. The molecule has 0 saturated carbocycles. The molecule has 1 fully saturated rings. The van der Waals surface area contributed by atoms with E-state index in [1.807, 2.05) is 0 Å². The van der Waals surface area contributed by atoms with Crippen LogP contribution >= 0.6 is 0 Å². The predicted molar refractivity (Wildman–Crippen MR) is 105 cm³/mol. The third-order valence-electron chi connectivity index (χ3n) is 5.57. The lowest BCUT2D eigenvalue weighted by molar-refractivity contribution is -0.186. The summed E-state index contributed by atoms with van der Waals surface area (Å²) < 4.78 is 65.9. The quantitative estimate of drug-likeness (QED) is 0.659. The number of hydrogen-bond donors (Lipinski definition) is 1. The second-order valence-corrected chi connectivity index (χ2v) is 9.57. The van der Waals surface area contributed by atoms with E-state index in [1.165, 1.54) is 12.1 Å². The van der Waals surface area contributed by atoms with Gasteiger partial charge in [-0.05, 0) is 49.7 Å². The van der Waals surface area contributed by atoms with Gasteiger partial charge in [-0.15, -0.1) is 0 Å². The third kappa shape index (κ3) is 5.71. The highest BCUT2D eigenvalue weighted by Crippen LogP contribution is 2.26. The molecule has 30 heavy (non-hydrogen) atoms. The summed E-state index contributed by atoms with van der Waals surface area (Å²) in [4.78, 5) is 16.8. The van der Waals surface area contributed by atoms with Gasteiger partial charge < -0.3 is 14.7 Å². The molecule has 2 heterocycles. The lowest BCUT2D eigenvalue weighted by Crippen LogP contribution is -2.45. The Labute approximate surface area is 174 Å². The molecule has 168 valence electrons. The third-order valence-corrected chi connectivity index (χ3v) is 7.03. The average Bonchev–Trinajstić information content (AvgIpc) is 2.70. The highest BCUT2D eigenvalue weighted by Gasteiger charge is 2.43. The zero-order chi connectivity index (χ0) is 21.9. The van der Waals surface area contributed by atoms with Crippen molar-refractivity contribution in [1.82, 2.24) is 19.4 Å². The summed E-state index contributed by atoms with van der Waals surface area (Å²) in [5.41, 5.74) is 1.19. The van der Waals surface area contributed by atoms with Crippen molar-refractivity contribution in [3.05, 3.63) is 29.3 Å². The van der Waals surface area contributed by atoms with Crippen LogP contribution in [0.5, 0.6) is 0 Å². The number of halogens is 3. The smallest absolute Gasteiger partial charge is 0.330 e. The zero-order valence-electron chi connectivity index (χ0n) is 16.9. The Hall–Kier alpha value is -1.69. The first-order valence-corrected chi connectivity index (χ1v) is 11.4. The Kier molecular flexibility index (Phi) is 7.05. The average molecular weight is 449 g/mol. The summed E-state index contributed by atoms with van der Waals surface area (Å²) in [6.07, 6.45) is -4.01. The van der Waals surface area contributed by atoms with Crippen LogP contribution in [0.15, 0.2) is 23.1 Å². The largest absolute Gasteiger partial charge is 0.471 e.